The molecule has 25 heavy (non-hydrogen) atoms. The Bertz CT molecular complexity index is 916. The SMILES string of the molecule is O=C(c1ccccn1)N1CCC(Nc2ccnc3cc(F)ccc23)C1. The van der Waals surface area contributed by atoms with Crippen LogP contribution in [0.3, 0.4) is 0 Å². The molecule has 0 spiro atoms. The smallest absolute Gasteiger partial charge is 0.272 e. The number of rotatable bonds is 3. The zero-order chi connectivity index (χ0) is 17.2. The van der Waals surface area contributed by atoms with Crippen LogP contribution >= 0.6 is 0 Å². The molecule has 1 aromatic carbocycles. The molecule has 1 unspecified atom stereocenters. The lowest BCUT2D eigenvalue weighted by atomic mass is 10.1. The van der Waals surface area contributed by atoms with E-state index in [-0.39, 0.29) is 17.8 Å². The van der Waals surface area contributed by atoms with E-state index in [9.17, 15) is 9.18 Å². The van der Waals surface area contributed by atoms with E-state index in [0.717, 1.165) is 17.5 Å². The minimum absolute atomic E-state index is 0.0495. The monoisotopic (exact) mass is 336 g/mol. The lowest BCUT2D eigenvalue weighted by Crippen LogP contribution is -2.32. The number of benzene rings is 1. The van der Waals surface area contributed by atoms with Gasteiger partial charge in [-0.3, -0.25) is 14.8 Å². The van der Waals surface area contributed by atoms with E-state index in [1.165, 1.54) is 12.1 Å². The summed E-state index contributed by atoms with van der Waals surface area (Å²) >= 11 is 0. The van der Waals surface area contributed by atoms with Crippen LogP contribution in [-0.2, 0) is 0 Å². The molecule has 3 heterocycles. The number of nitrogens with zero attached hydrogens (tertiary/aromatic N) is 3. The highest BCUT2D eigenvalue weighted by Crippen LogP contribution is 2.25. The highest BCUT2D eigenvalue weighted by Gasteiger charge is 2.27. The minimum atomic E-state index is -0.301. The van der Waals surface area contributed by atoms with Crippen LogP contribution in [-0.4, -0.2) is 39.9 Å². The van der Waals surface area contributed by atoms with Crippen molar-refractivity contribution in [3.8, 4) is 0 Å². The first-order valence-corrected chi connectivity index (χ1v) is 8.22. The van der Waals surface area contributed by atoms with Gasteiger partial charge in [0.25, 0.3) is 5.91 Å². The van der Waals surface area contributed by atoms with Crippen molar-refractivity contribution < 1.29 is 9.18 Å². The number of amides is 1. The van der Waals surface area contributed by atoms with E-state index in [0.29, 0.717) is 24.3 Å². The van der Waals surface area contributed by atoms with Crippen molar-refractivity contribution >= 4 is 22.5 Å². The zero-order valence-corrected chi connectivity index (χ0v) is 13.5. The van der Waals surface area contributed by atoms with Gasteiger partial charge in [-0.25, -0.2) is 4.39 Å². The first kappa shape index (κ1) is 15.5. The molecule has 1 saturated heterocycles. The molecule has 1 aliphatic heterocycles. The van der Waals surface area contributed by atoms with Crippen LogP contribution in [0.5, 0.6) is 0 Å². The summed E-state index contributed by atoms with van der Waals surface area (Å²) in [5.41, 5.74) is 1.99. The summed E-state index contributed by atoms with van der Waals surface area (Å²) in [6, 6.07) is 11.9. The normalized spacial score (nSPS) is 17.0. The zero-order valence-electron chi connectivity index (χ0n) is 13.5. The molecule has 0 radical (unpaired) electrons. The maximum atomic E-state index is 13.4. The number of fused-ring (bicyclic) bond motifs is 1. The summed E-state index contributed by atoms with van der Waals surface area (Å²) in [7, 11) is 0. The number of carbonyl (C=O) groups excluding carboxylic acids is 1. The third-order valence-electron chi connectivity index (χ3n) is 4.42. The molecule has 3 aromatic rings. The van der Waals surface area contributed by atoms with E-state index in [1.54, 1.807) is 30.6 Å². The van der Waals surface area contributed by atoms with Crippen molar-refractivity contribution in [2.75, 3.05) is 18.4 Å². The van der Waals surface area contributed by atoms with Crippen molar-refractivity contribution in [3.05, 3.63) is 66.4 Å². The van der Waals surface area contributed by atoms with E-state index in [4.69, 9.17) is 0 Å². The van der Waals surface area contributed by atoms with Gasteiger partial charge in [-0.1, -0.05) is 6.07 Å². The Morgan fingerprint density at radius 3 is 2.92 bits per heavy atom. The number of hydrogen-bond donors (Lipinski definition) is 1. The third kappa shape index (κ3) is 3.15. The molecule has 1 atom stereocenters. The Balaban J connectivity index is 1.49. The van der Waals surface area contributed by atoms with Crippen LogP contribution in [0, 0.1) is 5.82 Å². The predicted octanol–water partition coefficient (Wildman–Crippen LogP) is 3.10. The van der Waals surface area contributed by atoms with Crippen molar-refractivity contribution in [1.82, 2.24) is 14.9 Å². The van der Waals surface area contributed by atoms with Gasteiger partial charge < -0.3 is 10.2 Å². The molecule has 6 heteroatoms. The topological polar surface area (TPSA) is 58.1 Å². The highest BCUT2D eigenvalue weighted by molar-refractivity contribution is 5.93. The molecular weight excluding hydrogens is 319 g/mol. The molecule has 0 bridgehead atoms. The minimum Gasteiger partial charge on any atom is -0.380 e. The summed E-state index contributed by atoms with van der Waals surface area (Å²) in [5.74, 6) is -0.350. The summed E-state index contributed by atoms with van der Waals surface area (Å²) in [5, 5.41) is 4.34. The van der Waals surface area contributed by atoms with Crippen molar-refractivity contribution in [2.45, 2.75) is 12.5 Å². The molecule has 0 aliphatic carbocycles. The van der Waals surface area contributed by atoms with Gasteiger partial charge in [0.05, 0.1) is 5.52 Å². The van der Waals surface area contributed by atoms with Gasteiger partial charge in [0.15, 0.2) is 0 Å². The third-order valence-corrected chi connectivity index (χ3v) is 4.42. The van der Waals surface area contributed by atoms with Gasteiger partial charge in [0, 0.05) is 48.7 Å². The van der Waals surface area contributed by atoms with Gasteiger partial charge >= 0.3 is 0 Å². The Morgan fingerprint density at radius 1 is 1.16 bits per heavy atom. The number of aromatic nitrogens is 2. The summed E-state index contributed by atoms with van der Waals surface area (Å²) in [6.45, 7) is 1.30. The van der Waals surface area contributed by atoms with E-state index in [1.807, 2.05) is 17.0 Å². The predicted molar refractivity (Wildman–Crippen MR) is 93.9 cm³/mol. The average Bonchev–Trinajstić information content (AvgIpc) is 3.10. The molecule has 0 saturated carbocycles. The van der Waals surface area contributed by atoms with Gasteiger partial charge in [0.1, 0.15) is 11.5 Å². The number of carbonyl (C=O) groups is 1. The summed E-state index contributed by atoms with van der Waals surface area (Å²) in [4.78, 5) is 22.6. The fourth-order valence-electron chi connectivity index (χ4n) is 3.18. The van der Waals surface area contributed by atoms with Crippen LogP contribution in [0.1, 0.15) is 16.9 Å². The van der Waals surface area contributed by atoms with E-state index >= 15 is 0 Å². The molecule has 1 aliphatic rings. The Hall–Kier alpha value is -3.02. The summed E-state index contributed by atoms with van der Waals surface area (Å²) < 4.78 is 13.4. The maximum Gasteiger partial charge on any atom is 0.272 e. The van der Waals surface area contributed by atoms with Crippen molar-refractivity contribution in [1.29, 1.82) is 0 Å². The Kier molecular flexibility index (Phi) is 4.01. The second-order valence-electron chi connectivity index (χ2n) is 6.12. The Morgan fingerprint density at radius 2 is 2.08 bits per heavy atom. The van der Waals surface area contributed by atoms with E-state index < -0.39 is 0 Å². The van der Waals surface area contributed by atoms with Crippen LogP contribution < -0.4 is 5.32 Å². The molecule has 1 N–H and O–H groups in total. The maximum absolute atomic E-state index is 13.4. The summed E-state index contributed by atoms with van der Waals surface area (Å²) in [6.07, 6.45) is 4.14. The van der Waals surface area contributed by atoms with E-state index in [2.05, 4.69) is 15.3 Å². The highest BCUT2D eigenvalue weighted by atomic mass is 19.1. The van der Waals surface area contributed by atoms with Gasteiger partial charge in [0.2, 0.25) is 0 Å². The van der Waals surface area contributed by atoms with Gasteiger partial charge in [-0.2, -0.15) is 0 Å². The number of likely N-dealkylation sites (tertiary alicyclic amines) is 1. The standard InChI is InChI=1S/C19H17FN4O/c20-13-4-5-15-16(6-9-22-18(15)11-13)23-14-7-10-24(12-14)19(25)17-3-1-2-8-21-17/h1-6,8-9,11,14H,7,10,12H2,(H,22,23). The second-order valence-corrected chi connectivity index (χ2v) is 6.12. The average molecular weight is 336 g/mol. The second kappa shape index (κ2) is 6.47. The van der Waals surface area contributed by atoms with Crippen LogP contribution in [0.2, 0.25) is 0 Å². The first-order valence-electron chi connectivity index (χ1n) is 8.22. The molecule has 1 fully saturated rings. The van der Waals surface area contributed by atoms with Gasteiger partial charge in [-0.15, -0.1) is 0 Å². The molecule has 4 rings (SSSR count). The number of anilines is 1. The fourth-order valence-corrected chi connectivity index (χ4v) is 3.18. The fraction of sp³-hybridized carbons (Fsp3) is 0.211. The molecule has 5 nitrogen and oxygen atoms in total. The lowest BCUT2D eigenvalue weighted by Gasteiger charge is -2.18. The van der Waals surface area contributed by atoms with Crippen LogP contribution in [0.25, 0.3) is 10.9 Å². The van der Waals surface area contributed by atoms with Crippen LogP contribution in [0.15, 0.2) is 54.9 Å². The number of nitrogens with one attached hydrogen (secondary N) is 1. The largest absolute Gasteiger partial charge is 0.380 e. The number of pyridine rings is 2. The Labute approximate surface area is 144 Å². The molecular formula is C19H17FN4O. The molecule has 1 amide bonds. The molecule has 126 valence electrons. The number of hydrogen-bond acceptors (Lipinski definition) is 4. The van der Waals surface area contributed by atoms with Crippen molar-refractivity contribution in [3.63, 3.8) is 0 Å². The lowest BCUT2D eigenvalue weighted by molar-refractivity contribution is 0.0786. The first-order chi connectivity index (χ1) is 12.2. The van der Waals surface area contributed by atoms with Crippen LogP contribution in [0.4, 0.5) is 10.1 Å². The quantitative estimate of drug-likeness (QED) is 0.798. The van der Waals surface area contributed by atoms with Gasteiger partial charge in [-0.05, 0) is 36.8 Å². The number of halogens is 1. The molecule has 2 aromatic heterocycles. The van der Waals surface area contributed by atoms with Crippen molar-refractivity contribution in [2.24, 2.45) is 0 Å².